The number of hydrazine groups is 1. The van der Waals surface area contributed by atoms with E-state index < -0.39 is 6.09 Å². The summed E-state index contributed by atoms with van der Waals surface area (Å²) in [5.74, 6) is 0.672. The lowest BCUT2D eigenvalue weighted by Crippen LogP contribution is -2.29. The van der Waals surface area contributed by atoms with Crippen molar-refractivity contribution < 1.29 is 14.3 Å². The van der Waals surface area contributed by atoms with Crippen molar-refractivity contribution in [3.8, 4) is 5.75 Å². The number of nitrogens with one attached hydrogen (secondary N) is 2. The van der Waals surface area contributed by atoms with Crippen LogP contribution in [0, 0.1) is 0 Å². The maximum absolute atomic E-state index is 10.9. The molecule has 0 aliphatic heterocycles. The van der Waals surface area contributed by atoms with Crippen molar-refractivity contribution in [1.82, 2.24) is 5.43 Å². The van der Waals surface area contributed by atoms with Crippen LogP contribution in [-0.4, -0.2) is 24.9 Å². The summed E-state index contributed by atoms with van der Waals surface area (Å²) >= 11 is 1.60. The minimum Gasteiger partial charge on any atom is -0.478 e. The second kappa shape index (κ2) is 6.90. The first-order valence-corrected chi connectivity index (χ1v) is 6.34. The number of ether oxygens (including phenoxy) is 2. The van der Waals surface area contributed by atoms with Crippen LogP contribution in [-0.2, 0) is 4.74 Å². The van der Waals surface area contributed by atoms with Gasteiger partial charge < -0.3 is 9.47 Å². The number of thioether (sulfide) groups is 1. The number of methoxy groups -OCH3 is 1. The van der Waals surface area contributed by atoms with Crippen LogP contribution < -0.4 is 15.6 Å². The van der Waals surface area contributed by atoms with E-state index in [0.717, 1.165) is 0 Å². The minimum atomic E-state index is -0.558. The highest BCUT2D eigenvalue weighted by atomic mass is 32.2. The summed E-state index contributed by atoms with van der Waals surface area (Å²) in [6, 6.07) is 7.34. The van der Waals surface area contributed by atoms with Crippen LogP contribution in [0.4, 0.5) is 10.5 Å². The Hall–Kier alpha value is -1.56. The van der Waals surface area contributed by atoms with E-state index >= 15 is 0 Å². The summed E-state index contributed by atoms with van der Waals surface area (Å²) in [5.41, 5.74) is 5.83. The molecule has 0 heterocycles. The van der Waals surface area contributed by atoms with E-state index in [-0.39, 0.29) is 5.44 Å². The van der Waals surface area contributed by atoms with E-state index in [2.05, 4.69) is 15.6 Å². The fraction of sp³-hybridized carbons (Fsp3) is 0.364. The van der Waals surface area contributed by atoms with Crippen molar-refractivity contribution in [3.63, 3.8) is 0 Å². The van der Waals surface area contributed by atoms with Crippen LogP contribution in [0.15, 0.2) is 24.3 Å². The van der Waals surface area contributed by atoms with Crippen LogP contribution in [0.25, 0.3) is 0 Å². The Morgan fingerprint density at radius 3 is 2.76 bits per heavy atom. The maximum Gasteiger partial charge on any atom is 0.425 e. The number of benzene rings is 1. The van der Waals surface area contributed by atoms with E-state index in [4.69, 9.17) is 4.74 Å². The van der Waals surface area contributed by atoms with E-state index in [1.807, 2.05) is 31.4 Å². The molecule has 0 fully saturated rings. The first kappa shape index (κ1) is 13.5. The van der Waals surface area contributed by atoms with Gasteiger partial charge in [0.1, 0.15) is 11.2 Å². The molecule has 17 heavy (non-hydrogen) atoms. The second-order valence-corrected chi connectivity index (χ2v) is 4.29. The van der Waals surface area contributed by atoms with Crippen LogP contribution >= 0.6 is 11.8 Å². The molecule has 1 rings (SSSR count). The molecule has 2 N–H and O–H groups in total. The Bertz CT molecular complexity index is 373. The number of para-hydroxylation sites is 2. The van der Waals surface area contributed by atoms with Gasteiger partial charge in [-0.2, -0.15) is 0 Å². The van der Waals surface area contributed by atoms with Gasteiger partial charge in [-0.05, 0) is 25.3 Å². The summed E-state index contributed by atoms with van der Waals surface area (Å²) in [6.07, 6.45) is 1.41. The number of hydrogen-bond acceptors (Lipinski definition) is 5. The molecule has 6 heteroatoms. The van der Waals surface area contributed by atoms with Gasteiger partial charge in [0, 0.05) is 0 Å². The van der Waals surface area contributed by atoms with Crippen LogP contribution in [0.1, 0.15) is 6.92 Å². The van der Waals surface area contributed by atoms with Crippen molar-refractivity contribution in [2.24, 2.45) is 0 Å². The van der Waals surface area contributed by atoms with Gasteiger partial charge in [-0.15, -0.1) is 11.8 Å². The molecule has 1 aromatic rings. The average molecular weight is 256 g/mol. The fourth-order valence-electron chi connectivity index (χ4n) is 1.07. The van der Waals surface area contributed by atoms with E-state index in [1.54, 1.807) is 17.8 Å². The van der Waals surface area contributed by atoms with Crippen LogP contribution in [0.5, 0.6) is 5.75 Å². The third kappa shape index (κ3) is 4.44. The molecule has 0 saturated heterocycles. The number of anilines is 1. The number of rotatable bonds is 5. The second-order valence-electron chi connectivity index (χ2n) is 3.16. The predicted molar refractivity (Wildman–Crippen MR) is 69.2 cm³/mol. The Labute approximate surface area is 105 Å². The van der Waals surface area contributed by atoms with Gasteiger partial charge in [0.05, 0.1) is 12.8 Å². The molecule has 0 aliphatic rings. The summed E-state index contributed by atoms with van der Waals surface area (Å²) in [5, 5.41) is 0. The summed E-state index contributed by atoms with van der Waals surface area (Å²) in [7, 11) is 1.30. The first-order chi connectivity index (χ1) is 8.17. The molecule has 1 atom stereocenters. The predicted octanol–water partition coefficient (Wildman–Crippen LogP) is 2.46. The Kier molecular flexibility index (Phi) is 5.48. The quantitative estimate of drug-likeness (QED) is 0.626. The maximum atomic E-state index is 10.9. The number of amides is 1. The third-order valence-corrected chi connectivity index (χ3v) is 2.76. The zero-order chi connectivity index (χ0) is 12.7. The molecular formula is C11H16N2O3S. The molecule has 0 saturated carbocycles. The monoisotopic (exact) mass is 256 g/mol. The van der Waals surface area contributed by atoms with Crippen molar-refractivity contribution in [2.45, 2.75) is 12.4 Å². The minimum absolute atomic E-state index is 0.0380. The lowest BCUT2D eigenvalue weighted by molar-refractivity contribution is 0.173. The lowest BCUT2D eigenvalue weighted by Gasteiger charge is -2.16. The molecule has 5 nitrogen and oxygen atoms in total. The van der Waals surface area contributed by atoms with Crippen molar-refractivity contribution >= 4 is 23.5 Å². The summed E-state index contributed by atoms with van der Waals surface area (Å²) in [4.78, 5) is 10.9. The van der Waals surface area contributed by atoms with Crippen molar-refractivity contribution in [1.29, 1.82) is 0 Å². The van der Waals surface area contributed by atoms with Gasteiger partial charge in [0.15, 0.2) is 0 Å². The highest BCUT2D eigenvalue weighted by molar-refractivity contribution is 7.99. The topological polar surface area (TPSA) is 59.6 Å². The lowest BCUT2D eigenvalue weighted by atomic mass is 10.3. The zero-order valence-electron chi connectivity index (χ0n) is 10.0. The highest BCUT2D eigenvalue weighted by Gasteiger charge is 2.07. The van der Waals surface area contributed by atoms with Crippen LogP contribution in [0.3, 0.4) is 0 Å². The number of carbonyl (C=O) groups excluding carboxylic acids is 1. The first-order valence-electron chi connectivity index (χ1n) is 5.05. The third-order valence-electron chi connectivity index (χ3n) is 2.00. The molecule has 1 unspecified atom stereocenters. The fourth-order valence-corrected chi connectivity index (χ4v) is 1.27. The molecule has 0 aliphatic carbocycles. The van der Waals surface area contributed by atoms with E-state index in [1.165, 1.54) is 7.11 Å². The summed E-state index contributed by atoms with van der Waals surface area (Å²) < 4.78 is 10.1. The van der Waals surface area contributed by atoms with Crippen LogP contribution in [0.2, 0.25) is 0 Å². The van der Waals surface area contributed by atoms with Gasteiger partial charge in [0.25, 0.3) is 0 Å². The highest BCUT2D eigenvalue weighted by Crippen LogP contribution is 2.25. The van der Waals surface area contributed by atoms with Crippen molar-refractivity contribution in [2.75, 3.05) is 18.8 Å². The molecular weight excluding hydrogens is 240 g/mol. The van der Waals surface area contributed by atoms with Crippen molar-refractivity contribution in [3.05, 3.63) is 24.3 Å². The molecule has 0 bridgehead atoms. The van der Waals surface area contributed by atoms with E-state index in [9.17, 15) is 4.79 Å². The standard InChI is InChI=1S/C11H16N2O3S/c1-8(17-3)16-10-7-5-4-6-9(10)12-13-11(14)15-2/h4-8,12H,1-3H3,(H,13,14). The van der Waals surface area contributed by atoms with Gasteiger partial charge >= 0.3 is 6.09 Å². The molecule has 0 radical (unpaired) electrons. The molecule has 1 aromatic carbocycles. The average Bonchev–Trinajstić information content (AvgIpc) is 2.37. The molecule has 0 aromatic heterocycles. The Balaban J connectivity index is 2.67. The zero-order valence-corrected chi connectivity index (χ0v) is 10.8. The molecule has 94 valence electrons. The SMILES string of the molecule is COC(=O)NNc1ccccc1OC(C)SC. The molecule has 1 amide bonds. The molecule has 0 spiro atoms. The largest absolute Gasteiger partial charge is 0.478 e. The van der Waals surface area contributed by atoms with E-state index in [0.29, 0.717) is 11.4 Å². The number of carbonyl (C=O) groups is 1. The van der Waals surface area contributed by atoms with Gasteiger partial charge in [-0.25, -0.2) is 10.2 Å². The Morgan fingerprint density at radius 1 is 1.41 bits per heavy atom. The summed E-state index contributed by atoms with van der Waals surface area (Å²) in [6.45, 7) is 1.95. The number of hydrogen-bond donors (Lipinski definition) is 2. The van der Waals surface area contributed by atoms with Gasteiger partial charge in [-0.1, -0.05) is 12.1 Å². The smallest absolute Gasteiger partial charge is 0.425 e. The normalized spacial score (nSPS) is 11.5. The van der Waals surface area contributed by atoms with Gasteiger partial charge in [-0.3, -0.25) is 5.43 Å². The van der Waals surface area contributed by atoms with Gasteiger partial charge in [0.2, 0.25) is 0 Å². The Morgan fingerprint density at radius 2 is 2.12 bits per heavy atom.